The van der Waals surface area contributed by atoms with Crippen molar-refractivity contribution in [2.24, 2.45) is 0 Å². The van der Waals surface area contributed by atoms with Crippen LogP contribution < -0.4 is 4.57 Å². The Hall–Kier alpha value is -2.74. The van der Waals surface area contributed by atoms with Gasteiger partial charge in [-0.15, -0.1) is 0 Å². The molecule has 0 N–H and O–H groups in total. The molecule has 0 spiro atoms. The van der Waals surface area contributed by atoms with Gasteiger partial charge >= 0.3 is 0 Å². The molecule has 2 nitrogen and oxygen atoms in total. The Balaban J connectivity index is 1.71. The molecular formula is C23H24NO+. The van der Waals surface area contributed by atoms with Crippen LogP contribution in [0.3, 0.4) is 0 Å². The number of hydrogen-bond donors (Lipinski definition) is 0. The minimum atomic E-state index is 0.154. The van der Waals surface area contributed by atoms with Gasteiger partial charge in [0.15, 0.2) is 12.4 Å². The van der Waals surface area contributed by atoms with E-state index < -0.39 is 0 Å². The van der Waals surface area contributed by atoms with Gasteiger partial charge in [0.25, 0.3) is 0 Å². The van der Waals surface area contributed by atoms with E-state index in [1.54, 1.807) is 0 Å². The number of carbonyl (C=O) groups excluding carboxylic acids is 1. The number of carbonyl (C=O) groups is 1. The lowest BCUT2D eigenvalue weighted by molar-refractivity contribution is -0.683. The third kappa shape index (κ3) is 4.21. The van der Waals surface area contributed by atoms with Crippen molar-refractivity contribution < 1.29 is 9.36 Å². The molecule has 3 rings (SSSR count). The third-order valence-electron chi connectivity index (χ3n) is 4.68. The summed E-state index contributed by atoms with van der Waals surface area (Å²) in [5, 5.41) is 0. The van der Waals surface area contributed by atoms with Gasteiger partial charge in [-0.05, 0) is 61.1 Å². The van der Waals surface area contributed by atoms with Crippen molar-refractivity contribution >= 4 is 5.78 Å². The summed E-state index contributed by atoms with van der Waals surface area (Å²) in [6, 6.07) is 18.7. The first kappa shape index (κ1) is 17.1. The summed E-state index contributed by atoms with van der Waals surface area (Å²) in [5.41, 5.74) is 6.81. The Morgan fingerprint density at radius 2 is 1.40 bits per heavy atom. The van der Waals surface area contributed by atoms with Gasteiger partial charge in [0.1, 0.15) is 0 Å². The first-order chi connectivity index (χ1) is 12.0. The summed E-state index contributed by atoms with van der Waals surface area (Å²) >= 11 is 0. The van der Waals surface area contributed by atoms with E-state index in [0.717, 1.165) is 23.1 Å². The summed E-state index contributed by atoms with van der Waals surface area (Å²) in [6.45, 7) is 6.51. The Labute approximate surface area is 149 Å². The molecule has 0 atom stereocenters. The maximum atomic E-state index is 12.7. The Morgan fingerprint density at radius 3 is 2.08 bits per heavy atom. The van der Waals surface area contributed by atoms with E-state index in [9.17, 15) is 4.79 Å². The molecule has 0 unspecified atom stereocenters. The molecule has 1 heterocycles. The molecule has 3 aromatic rings. The number of nitrogens with zero attached hydrogens (tertiary/aromatic N) is 1. The minimum absolute atomic E-state index is 0.154. The number of Topliss-reactive ketones (excluding diaryl/α,β-unsaturated/α-hetero) is 1. The highest BCUT2D eigenvalue weighted by Crippen LogP contribution is 2.16. The standard InChI is InChI=1S/C23H24NO/c1-17-13-19(3)22(14-18(17)2)23(25)16-24-11-9-21(10-12-24)15-20-7-5-4-6-8-20/h4-14H,15-16H2,1-3H3/q+1. The van der Waals surface area contributed by atoms with Gasteiger partial charge in [0, 0.05) is 17.7 Å². The predicted octanol–water partition coefficient (Wildman–Crippen LogP) is 4.37. The quantitative estimate of drug-likeness (QED) is 0.502. The van der Waals surface area contributed by atoms with Crippen LogP contribution in [0.2, 0.25) is 0 Å². The van der Waals surface area contributed by atoms with Crippen LogP contribution in [0, 0.1) is 20.8 Å². The van der Waals surface area contributed by atoms with Crippen molar-refractivity contribution in [2.75, 3.05) is 0 Å². The van der Waals surface area contributed by atoms with Crippen LogP contribution in [-0.2, 0) is 13.0 Å². The average molecular weight is 330 g/mol. The van der Waals surface area contributed by atoms with E-state index in [-0.39, 0.29) is 5.78 Å². The molecule has 0 saturated heterocycles. The average Bonchev–Trinajstić information content (AvgIpc) is 2.60. The van der Waals surface area contributed by atoms with Crippen LogP contribution in [0.5, 0.6) is 0 Å². The molecule has 0 aliphatic heterocycles. The lowest BCUT2D eigenvalue weighted by atomic mass is 9.98. The highest BCUT2D eigenvalue weighted by atomic mass is 16.1. The molecule has 0 aliphatic carbocycles. The lowest BCUT2D eigenvalue weighted by Crippen LogP contribution is -2.37. The molecule has 0 amide bonds. The molecule has 0 aliphatic rings. The van der Waals surface area contributed by atoms with Crippen molar-refractivity contribution in [1.82, 2.24) is 0 Å². The van der Waals surface area contributed by atoms with Crippen molar-refractivity contribution in [3.05, 3.63) is 100 Å². The normalized spacial score (nSPS) is 10.7. The van der Waals surface area contributed by atoms with Crippen LogP contribution in [0.25, 0.3) is 0 Å². The number of hydrogen-bond acceptors (Lipinski definition) is 1. The molecule has 0 fully saturated rings. The second-order valence-corrected chi connectivity index (χ2v) is 6.72. The van der Waals surface area contributed by atoms with Crippen LogP contribution in [0.1, 0.15) is 38.2 Å². The number of pyridine rings is 1. The number of rotatable bonds is 5. The molecule has 0 saturated carbocycles. The highest BCUT2D eigenvalue weighted by molar-refractivity contribution is 5.96. The first-order valence-corrected chi connectivity index (χ1v) is 8.66. The van der Waals surface area contributed by atoms with Gasteiger partial charge in [0.05, 0.1) is 0 Å². The minimum Gasteiger partial charge on any atom is -0.287 e. The van der Waals surface area contributed by atoms with E-state index in [2.05, 4.69) is 56.3 Å². The summed E-state index contributed by atoms with van der Waals surface area (Å²) in [4.78, 5) is 12.7. The third-order valence-corrected chi connectivity index (χ3v) is 4.68. The molecule has 2 aromatic carbocycles. The smallest absolute Gasteiger partial charge is 0.227 e. The number of ketones is 1. The van der Waals surface area contributed by atoms with Crippen LogP contribution in [0.15, 0.2) is 67.0 Å². The van der Waals surface area contributed by atoms with Crippen molar-refractivity contribution in [2.45, 2.75) is 33.7 Å². The molecule has 25 heavy (non-hydrogen) atoms. The fourth-order valence-electron chi connectivity index (χ4n) is 3.05. The van der Waals surface area contributed by atoms with Gasteiger partial charge in [-0.25, -0.2) is 0 Å². The zero-order valence-corrected chi connectivity index (χ0v) is 15.1. The SMILES string of the molecule is Cc1cc(C)c(C(=O)C[n+]2ccc(Cc3ccccc3)cc2)cc1C. The summed E-state index contributed by atoms with van der Waals surface area (Å²) < 4.78 is 1.95. The van der Waals surface area contributed by atoms with Crippen molar-refractivity contribution in [3.63, 3.8) is 0 Å². The Morgan fingerprint density at radius 1 is 0.800 bits per heavy atom. The topological polar surface area (TPSA) is 20.9 Å². The number of benzene rings is 2. The van der Waals surface area contributed by atoms with Gasteiger partial charge in [-0.3, -0.25) is 4.79 Å². The number of aryl methyl sites for hydroxylation is 3. The van der Waals surface area contributed by atoms with Gasteiger partial charge in [-0.2, -0.15) is 4.57 Å². The van der Waals surface area contributed by atoms with E-state index in [1.165, 1.54) is 16.7 Å². The zero-order valence-electron chi connectivity index (χ0n) is 15.1. The first-order valence-electron chi connectivity index (χ1n) is 8.66. The highest BCUT2D eigenvalue weighted by Gasteiger charge is 2.15. The zero-order chi connectivity index (χ0) is 17.8. The Bertz CT molecular complexity index is 880. The van der Waals surface area contributed by atoms with E-state index in [1.807, 2.05) is 36.0 Å². The Kier molecular flexibility index (Phi) is 5.08. The fraction of sp³-hybridized carbons (Fsp3) is 0.217. The van der Waals surface area contributed by atoms with Crippen LogP contribution in [-0.4, -0.2) is 5.78 Å². The predicted molar refractivity (Wildman–Crippen MR) is 101 cm³/mol. The molecule has 1 aromatic heterocycles. The summed E-state index contributed by atoms with van der Waals surface area (Å²) in [5.74, 6) is 0.154. The van der Waals surface area contributed by atoms with Gasteiger partial charge in [0.2, 0.25) is 12.3 Å². The molecule has 0 bridgehead atoms. The largest absolute Gasteiger partial charge is 0.287 e. The maximum absolute atomic E-state index is 12.7. The summed E-state index contributed by atoms with van der Waals surface area (Å²) in [6.07, 6.45) is 4.89. The van der Waals surface area contributed by atoms with E-state index in [4.69, 9.17) is 0 Å². The fourth-order valence-corrected chi connectivity index (χ4v) is 3.05. The number of aromatic nitrogens is 1. The van der Waals surface area contributed by atoms with Gasteiger partial charge < -0.3 is 0 Å². The van der Waals surface area contributed by atoms with Gasteiger partial charge in [-0.1, -0.05) is 36.4 Å². The molecule has 126 valence electrons. The van der Waals surface area contributed by atoms with Crippen LogP contribution >= 0.6 is 0 Å². The molecule has 2 heteroatoms. The molecule has 0 radical (unpaired) electrons. The van der Waals surface area contributed by atoms with Crippen molar-refractivity contribution in [3.8, 4) is 0 Å². The van der Waals surface area contributed by atoms with Crippen LogP contribution in [0.4, 0.5) is 0 Å². The molecular weight excluding hydrogens is 306 g/mol. The second-order valence-electron chi connectivity index (χ2n) is 6.72. The van der Waals surface area contributed by atoms with E-state index >= 15 is 0 Å². The van der Waals surface area contributed by atoms with E-state index in [0.29, 0.717) is 6.54 Å². The second kappa shape index (κ2) is 7.43. The monoisotopic (exact) mass is 330 g/mol. The summed E-state index contributed by atoms with van der Waals surface area (Å²) in [7, 11) is 0. The lowest BCUT2D eigenvalue weighted by Gasteiger charge is -2.07. The van der Waals surface area contributed by atoms with Crippen molar-refractivity contribution in [1.29, 1.82) is 0 Å². The maximum Gasteiger partial charge on any atom is 0.227 e.